The minimum absolute atomic E-state index is 0.0721. The van der Waals surface area contributed by atoms with Crippen LogP contribution in [0.5, 0.6) is 0 Å². The number of aliphatic carboxylic acids is 1. The Bertz CT molecular complexity index is 486. The van der Waals surface area contributed by atoms with Crippen LogP contribution in [0.15, 0.2) is 5.38 Å². The largest absolute Gasteiger partial charge is 0.479 e. The molecule has 0 spiro atoms. The van der Waals surface area contributed by atoms with E-state index in [0.717, 1.165) is 5.01 Å². The van der Waals surface area contributed by atoms with Crippen LogP contribution >= 0.6 is 11.3 Å². The van der Waals surface area contributed by atoms with Crippen LogP contribution in [-0.4, -0.2) is 52.7 Å². The molecule has 0 bridgehead atoms. The number of amides is 1. The molecule has 2 heterocycles. The molecule has 1 aromatic rings. The molecule has 7 heteroatoms. The van der Waals surface area contributed by atoms with Crippen molar-refractivity contribution in [3.63, 3.8) is 0 Å². The molecule has 0 aromatic carbocycles. The summed E-state index contributed by atoms with van der Waals surface area (Å²) in [6.07, 6.45) is -0.944. The molecule has 1 aliphatic rings. The van der Waals surface area contributed by atoms with Crippen LogP contribution < -0.4 is 0 Å². The lowest BCUT2D eigenvalue weighted by molar-refractivity contribution is -0.154. The van der Waals surface area contributed by atoms with Gasteiger partial charge in [-0.05, 0) is 0 Å². The van der Waals surface area contributed by atoms with E-state index < -0.39 is 12.1 Å². The lowest BCUT2D eigenvalue weighted by Crippen LogP contribution is -2.48. The molecule has 1 fully saturated rings. The zero-order valence-electron chi connectivity index (χ0n) is 10.8. The molecule has 19 heavy (non-hydrogen) atoms. The number of hydrogen-bond donors (Lipinski definition) is 1. The molecule has 104 valence electrons. The second-order valence-corrected chi connectivity index (χ2v) is 5.56. The smallest absolute Gasteiger partial charge is 0.334 e. The predicted octanol–water partition coefficient (Wildman–Crippen LogP) is 1.19. The second kappa shape index (κ2) is 5.66. The number of hydrogen-bond acceptors (Lipinski definition) is 5. The maximum absolute atomic E-state index is 12.2. The van der Waals surface area contributed by atoms with E-state index in [9.17, 15) is 9.59 Å². The molecule has 0 radical (unpaired) electrons. The van der Waals surface area contributed by atoms with Gasteiger partial charge in [0.15, 0.2) is 6.10 Å². The van der Waals surface area contributed by atoms with Crippen molar-refractivity contribution in [2.24, 2.45) is 0 Å². The molecule has 1 atom stereocenters. The van der Waals surface area contributed by atoms with Gasteiger partial charge in [-0.3, -0.25) is 4.79 Å². The number of carbonyl (C=O) groups excluding carboxylic acids is 1. The Morgan fingerprint density at radius 1 is 1.58 bits per heavy atom. The number of ether oxygens (including phenoxy) is 1. The summed E-state index contributed by atoms with van der Waals surface area (Å²) in [5, 5.41) is 11.5. The molecule has 1 aliphatic heterocycles. The van der Waals surface area contributed by atoms with Gasteiger partial charge in [0.25, 0.3) is 5.91 Å². The standard InChI is InChI=1S/C12H16N2O4S/c1-7(2)10-13-8(6-19-10)11(15)14-3-4-18-9(5-14)12(16)17/h6-7,9H,3-5H2,1-2H3,(H,16,17)/t9-/m1/s1. The molecule has 1 aromatic heterocycles. The highest BCUT2D eigenvalue weighted by Crippen LogP contribution is 2.20. The van der Waals surface area contributed by atoms with Gasteiger partial charge in [-0.2, -0.15) is 0 Å². The quantitative estimate of drug-likeness (QED) is 0.902. The Morgan fingerprint density at radius 2 is 2.32 bits per heavy atom. The van der Waals surface area contributed by atoms with Gasteiger partial charge >= 0.3 is 5.97 Å². The first-order chi connectivity index (χ1) is 8.99. The number of carboxylic acid groups (broad SMARTS) is 1. The molecular formula is C12H16N2O4S. The summed E-state index contributed by atoms with van der Waals surface area (Å²) in [6, 6.07) is 0. The van der Waals surface area contributed by atoms with Crippen LogP contribution in [0.3, 0.4) is 0 Å². The molecule has 2 rings (SSSR count). The van der Waals surface area contributed by atoms with E-state index in [-0.39, 0.29) is 25.0 Å². The number of carboxylic acids is 1. The Labute approximate surface area is 115 Å². The summed E-state index contributed by atoms with van der Waals surface area (Å²) in [6.45, 7) is 4.74. The highest BCUT2D eigenvalue weighted by atomic mass is 32.1. The third-order valence-electron chi connectivity index (χ3n) is 2.86. The molecule has 1 amide bonds. The van der Waals surface area contributed by atoms with Crippen LogP contribution in [0.4, 0.5) is 0 Å². The molecule has 6 nitrogen and oxygen atoms in total. The van der Waals surface area contributed by atoms with E-state index in [1.54, 1.807) is 5.38 Å². The van der Waals surface area contributed by atoms with Crippen molar-refractivity contribution < 1.29 is 19.4 Å². The zero-order valence-corrected chi connectivity index (χ0v) is 11.6. The Hall–Kier alpha value is -1.47. The summed E-state index contributed by atoms with van der Waals surface area (Å²) in [5.41, 5.74) is 0.389. The monoisotopic (exact) mass is 284 g/mol. The minimum atomic E-state index is -1.04. The van der Waals surface area contributed by atoms with Gasteiger partial charge in [-0.1, -0.05) is 13.8 Å². The first kappa shape index (κ1) is 14.0. The van der Waals surface area contributed by atoms with E-state index in [4.69, 9.17) is 9.84 Å². The topological polar surface area (TPSA) is 79.7 Å². The van der Waals surface area contributed by atoms with E-state index >= 15 is 0 Å². The number of carbonyl (C=O) groups is 2. The van der Waals surface area contributed by atoms with Crippen molar-refractivity contribution in [1.29, 1.82) is 0 Å². The number of rotatable bonds is 3. The summed E-state index contributed by atoms with van der Waals surface area (Å²) in [4.78, 5) is 28.9. The molecular weight excluding hydrogens is 268 g/mol. The average molecular weight is 284 g/mol. The fourth-order valence-electron chi connectivity index (χ4n) is 1.80. The van der Waals surface area contributed by atoms with Crippen molar-refractivity contribution in [1.82, 2.24) is 9.88 Å². The zero-order chi connectivity index (χ0) is 14.0. The maximum Gasteiger partial charge on any atom is 0.334 e. The van der Waals surface area contributed by atoms with Crippen LogP contribution in [-0.2, 0) is 9.53 Å². The van der Waals surface area contributed by atoms with Gasteiger partial charge < -0.3 is 14.7 Å². The second-order valence-electron chi connectivity index (χ2n) is 4.67. The fourth-order valence-corrected chi connectivity index (χ4v) is 2.61. The van der Waals surface area contributed by atoms with E-state index in [1.807, 2.05) is 13.8 Å². The number of nitrogens with zero attached hydrogens (tertiary/aromatic N) is 2. The maximum atomic E-state index is 12.2. The van der Waals surface area contributed by atoms with E-state index in [2.05, 4.69) is 4.98 Å². The summed E-state index contributed by atoms with van der Waals surface area (Å²) in [7, 11) is 0. The Morgan fingerprint density at radius 3 is 2.89 bits per heavy atom. The van der Waals surface area contributed by atoms with Gasteiger partial charge in [0, 0.05) is 17.8 Å². The molecule has 0 aliphatic carbocycles. The first-order valence-electron chi connectivity index (χ1n) is 6.08. The number of thiazole rings is 1. The van der Waals surface area contributed by atoms with E-state index in [1.165, 1.54) is 16.2 Å². The van der Waals surface area contributed by atoms with Crippen molar-refractivity contribution in [2.45, 2.75) is 25.9 Å². The lowest BCUT2D eigenvalue weighted by Gasteiger charge is -2.30. The highest BCUT2D eigenvalue weighted by Gasteiger charge is 2.30. The normalized spacial score (nSPS) is 19.7. The molecule has 1 saturated heterocycles. The third-order valence-corrected chi connectivity index (χ3v) is 4.01. The van der Waals surface area contributed by atoms with Crippen LogP contribution in [0, 0.1) is 0 Å². The highest BCUT2D eigenvalue weighted by molar-refractivity contribution is 7.09. The third kappa shape index (κ3) is 3.10. The lowest BCUT2D eigenvalue weighted by atomic mass is 10.2. The summed E-state index contributed by atoms with van der Waals surface area (Å²) >= 11 is 1.45. The molecule has 0 unspecified atom stereocenters. The fraction of sp³-hybridized carbons (Fsp3) is 0.583. The summed E-state index contributed by atoms with van der Waals surface area (Å²) < 4.78 is 5.09. The van der Waals surface area contributed by atoms with Gasteiger partial charge in [0.2, 0.25) is 0 Å². The van der Waals surface area contributed by atoms with Gasteiger partial charge in [0.1, 0.15) is 5.69 Å². The van der Waals surface area contributed by atoms with Crippen molar-refractivity contribution >= 4 is 23.2 Å². The van der Waals surface area contributed by atoms with Crippen LogP contribution in [0.2, 0.25) is 0 Å². The number of aromatic nitrogens is 1. The number of morpholine rings is 1. The van der Waals surface area contributed by atoms with Crippen LogP contribution in [0.25, 0.3) is 0 Å². The van der Waals surface area contributed by atoms with Gasteiger partial charge in [0.05, 0.1) is 18.2 Å². The Kier molecular flexibility index (Phi) is 4.16. The molecule has 1 N–H and O–H groups in total. The van der Waals surface area contributed by atoms with Gasteiger partial charge in [-0.15, -0.1) is 11.3 Å². The van der Waals surface area contributed by atoms with Crippen molar-refractivity contribution in [3.05, 3.63) is 16.1 Å². The van der Waals surface area contributed by atoms with Crippen molar-refractivity contribution in [2.75, 3.05) is 19.7 Å². The van der Waals surface area contributed by atoms with Crippen LogP contribution in [0.1, 0.15) is 35.3 Å². The SMILES string of the molecule is CC(C)c1nc(C(=O)N2CCO[C@@H](C(=O)O)C2)cs1. The molecule has 0 saturated carbocycles. The van der Waals surface area contributed by atoms with Crippen molar-refractivity contribution in [3.8, 4) is 0 Å². The Balaban J connectivity index is 2.08. The van der Waals surface area contributed by atoms with E-state index in [0.29, 0.717) is 12.2 Å². The summed E-state index contributed by atoms with van der Waals surface area (Å²) in [5.74, 6) is -0.987. The minimum Gasteiger partial charge on any atom is -0.479 e. The first-order valence-corrected chi connectivity index (χ1v) is 6.96. The average Bonchev–Trinajstić information content (AvgIpc) is 2.87. The predicted molar refractivity (Wildman–Crippen MR) is 69.5 cm³/mol. The van der Waals surface area contributed by atoms with Gasteiger partial charge in [-0.25, -0.2) is 9.78 Å².